The van der Waals surface area contributed by atoms with E-state index in [4.69, 9.17) is 0 Å². The number of halogens is 4. The average molecular weight is 403 g/mol. The summed E-state index contributed by atoms with van der Waals surface area (Å²) in [5.74, 6) is 0.495. The van der Waals surface area contributed by atoms with Crippen LogP contribution in [0.3, 0.4) is 0 Å². The van der Waals surface area contributed by atoms with Gasteiger partial charge in [-0.2, -0.15) is 18.3 Å². The van der Waals surface area contributed by atoms with Crippen molar-refractivity contribution in [2.45, 2.75) is 32.4 Å². The van der Waals surface area contributed by atoms with Gasteiger partial charge in [-0.3, -0.25) is 4.79 Å². The van der Waals surface area contributed by atoms with E-state index in [0.717, 1.165) is 36.7 Å². The van der Waals surface area contributed by atoms with Crippen molar-refractivity contribution in [3.63, 3.8) is 0 Å². The molecule has 2 N–H and O–H groups in total. The maximum atomic E-state index is 13.3. The van der Waals surface area contributed by atoms with Crippen LogP contribution in [0.5, 0.6) is 0 Å². The number of carbonyl (C=O) groups is 1. The summed E-state index contributed by atoms with van der Waals surface area (Å²) in [7, 11) is 0. The lowest BCUT2D eigenvalue weighted by Crippen LogP contribution is -2.18. The molecule has 0 aliphatic carbocycles. The van der Waals surface area contributed by atoms with Crippen LogP contribution in [0.25, 0.3) is 5.69 Å². The van der Waals surface area contributed by atoms with Gasteiger partial charge in [0, 0.05) is 12.5 Å². The minimum Gasteiger partial charge on any atom is -0.316 e. The topological polar surface area (TPSA) is 59.0 Å². The van der Waals surface area contributed by atoms with E-state index in [-0.39, 0.29) is 29.8 Å². The zero-order valence-electron chi connectivity index (χ0n) is 14.8. The molecule has 0 radical (unpaired) electrons. The number of para-hydroxylation sites is 1. The highest BCUT2D eigenvalue weighted by Crippen LogP contribution is 2.34. The summed E-state index contributed by atoms with van der Waals surface area (Å²) in [5.41, 5.74) is -0.378. The molecule has 1 fully saturated rings. The molecule has 1 aromatic carbocycles. The Morgan fingerprint density at radius 3 is 2.78 bits per heavy atom. The number of alkyl halides is 3. The molecule has 0 saturated carbocycles. The molecule has 1 amide bonds. The Morgan fingerprint density at radius 1 is 1.37 bits per heavy atom. The van der Waals surface area contributed by atoms with Crippen LogP contribution >= 0.6 is 12.4 Å². The number of nitrogens with one attached hydrogen (secondary N) is 2. The SMILES string of the molecule is Cc1cc(NC(=O)CCC2CCNC2)n(-c2ccccc2C(F)(F)F)n1.Cl. The highest BCUT2D eigenvalue weighted by molar-refractivity contribution is 5.90. The molecule has 9 heteroatoms. The van der Waals surface area contributed by atoms with Crippen molar-refractivity contribution in [1.29, 1.82) is 0 Å². The van der Waals surface area contributed by atoms with E-state index in [2.05, 4.69) is 15.7 Å². The minimum atomic E-state index is -4.51. The Kier molecular flexibility index (Phi) is 6.89. The van der Waals surface area contributed by atoms with Crippen LogP contribution in [0, 0.1) is 12.8 Å². The first-order valence-corrected chi connectivity index (χ1v) is 8.58. The maximum absolute atomic E-state index is 13.3. The molecule has 1 aromatic heterocycles. The van der Waals surface area contributed by atoms with Gasteiger partial charge in [-0.25, -0.2) is 4.68 Å². The molecular weight excluding hydrogens is 381 g/mol. The number of aryl methyl sites for hydroxylation is 1. The van der Waals surface area contributed by atoms with E-state index < -0.39 is 11.7 Å². The first kappa shape index (κ1) is 21.2. The third-order valence-corrected chi connectivity index (χ3v) is 4.48. The molecule has 0 bridgehead atoms. The van der Waals surface area contributed by atoms with Gasteiger partial charge in [-0.15, -0.1) is 12.4 Å². The van der Waals surface area contributed by atoms with E-state index in [1.807, 2.05) is 0 Å². The predicted octanol–water partition coefficient (Wildman–Crippen LogP) is 3.95. The van der Waals surface area contributed by atoms with Gasteiger partial charge in [0.15, 0.2) is 0 Å². The number of amides is 1. The van der Waals surface area contributed by atoms with Crippen LogP contribution in [0.1, 0.15) is 30.5 Å². The number of nitrogens with zero attached hydrogens (tertiary/aromatic N) is 2. The van der Waals surface area contributed by atoms with Gasteiger partial charge < -0.3 is 10.6 Å². The van der Waals surface area contributed by atoms with Gasteiger partial charge in [0.05, 0.1) is 16.9 Å². The first-order chi connectivity index (χ1) is 12.3. The molecule has 3 rings (SSSR count). The summed E-state index contributed by atoms with van der Waals surface area (Å²) in [5, 5.41) is 10.1. The number of anilines is 1. The third kappa shape index (κ3) is 5.23. The second-order valence-corrected chi connectivity index (χ2v) is 6.54. The van der Waals surface area contributed by atoms with Gasteiger partial charge in [-0.1, -0.05) is 12.1 Å². The Hall–Kier alpha value is -2.06. The molecule has 2 heterocycles. The van der Waals surface area contributed by atoms with E-state index in [9.17, 15) is 18.0 Å². The Balaban J connectivity index is 0.00000261. The number of carbonyl (C=O) groups excluding carboxylic acids is 1. The largest absolute Gasteiger partial charge is 0.418 e. The van der Waals surface area contributed by atoms with Crippen LogP contribution in [0.2, 0.25) is 0 Å². The Labute approximate surface area is 161 Å². The summed E-state index contributed by atoms with van der Waals surface area (Å²) < 4.78 is 41.0. The van der Waals surface area contributed by atoms with Crippen molar-refractivity contribution in [2.24, 2.45) is 5.92 Å². The van der Waals surface area contributed by atoms with Gasteiger partial charge in [0.2, 0.25) is 5.91 Å². The highest BCUT2D eigenvalue weighted by atomic mass is 35.5. The van der Waals surface area contributed by atoms with Crippen molar-refractivity contribution in [2.75, 3.05) is 18.4 Å². The summed E-state index contributed by atoms with van der Waals surface area (Å²) >= 11 is 0. The van der Waals surface area contributed by atoms with Crippen LogP contribution in [0.4, 0.5) is 19.0 Å². The van der Waals surface area contributed by atoms with Crippen molar-refractivity contribution in [1.82, 2.24) is 15.1 Å². The first-order valence-electron chi connectivity index (χ1n) is 8.58. The Morgan fingerprint density at radius 2 is 2.11 bits per heavy atom. The zero-order chi connectivity index (χ0) is 18.7. The fourth-order valence-corrected chi connectivity index (χ4v) is 3.17. The average Bonchev–Trinajstić information content (AvgIpc) is 3.22. The van der Waals surface area contributed by atoms with Crippen molar-refractivity contribution in [3.05, 3.63) is 41.6 Å². The molecule has 148 valence electrons. The maximum Gasteiger partial charge on any atom is 0.418 e. The number of benzene rings is 1. The summed E-state index contributed by atoms with van der Waals surface area (Å²) in [6.07, 6.45) is -2.38. The molecule has 27 heavy (non-hydrogen) atoms. The van der Waals surface area contributed by atoms with E-state index in [1.54, 1.807) is 13.0 Å². The van der Waals surface area contributed by atoms with Crippen LogP contribution in [0.15, 0.2) is 30.3 Å². The second kappa shape index (κ2) is 8.75. The lowest BCUT2D eigenvalue weighted by atomic mass is 10.0. The zero-order valence-corrected chi connectivity index (χ0v) is 15.7. The monoisotopic (exact) mass is 402 g/mol. The molecule has 1 aliphatic rings. The van der Waals surface area contributed by atoms with Crippen molar-refractivity contribution < 1.29 is 18.0 Å². The van der Waals surface area contributed by atoms with Gasteiger partial charge in [0.1, 0.15) is 5.82 Å². The number of rotatable bonds is 5. The molecule has 0 spiro atoms. The van der Waals surface area contributed by atoms with Gasteiger partial charge >= 0.3 is 6.18 Å². The van der Waals surface area contributed by atoms with E-state index >= 15 is 0 Å². The minimum absolute atomic E-state index is 0. The quantitative estimate of drug-likeness (QED) is 0.796. The fourth-order valence-electron chi connectivity index (χ4n) is 3.17. The summed E-state index contributed by atoms with van der Waals surface area (Å²) in [6, 6.07) is 6.76. The lowest BCUT2D eigenvalue weighted by Gasteiger charge is -2.15. The molecule has 2 aromatic rings. The number of hydrogen-bond donors (Lipinski definition) is 2. The summed E-state index contributed by atoms with van der Waals surface area (Å²) in [6.45, 7) is 3.54. The van der Waals surface area contributed by atoms with Crippen LogP contribution in [-0.2, 0) is 11.0 Å². The fraction of sp³-hybridized carbons (Fsp3) is 0.444. The van der Waals surface area contributed by atoms with Crippen LogP contribution < -0.4 is 10.6 Å². The van der Waals surface area contributed by atoms with Crippen molar-refractivity contribution in [3.8, 4) is 5.69 Å². The normalized spacial score (nSPS) is 16.8. The van der Waals surface area contributed by atoms with Crippen molar-refractivity contribution >= 4 is 24.1 Å². The van der Waals surface area contributed by atoms with Crippen LogP contribution in [-0.4, -0.2) is 28.8 Å². The molecule has 1 atom stereocenters. The predicted molar refractivity (Wildman–Crippen MR) is 99.4 cm³/mol. The second-order valence-electron chi connectivity index (χ2n) is 6.54. The van der Waals surface area contributed by atoms with Gasteiger partial charge in [0.25, 0.3) is 0 Å². The summed E-state index contributed by atoms with van der Waals surface area (Å²) in [4.78, 5) is 12.2. The van der Waals surface area contributed by atoms with E-state index in [0.29, 0.717) is 18.0 Å². The van der Waals surface area contributed by atoms with E-state index in [1.165, 1.54) is 18.2 Å². The smallest absolute Gasteiger partial charge is 0.316 e. The third-order valence-electron chi connectivity index (χ3n) is 4.48. The molecule has 1 unspecified atom stereocenters. The lowest BCUT2D eigenvalue weighted by molar-refractivity contribution is -0.137. The number of aromatic nitrogens is 2. The highest BCUT2D eigenvalue weighted by Gasteiger charge is 2.34. The number of hydrogen-bond acceptors (Lipinski definition) is 3. The molecular formula is C18H22ClF3N4O. The van der Waals surface area contributed by atoms with Gasteiger partial charge in [-0.05, 0) is 50.9 Å². The molecule has 1 saturated heterocycles. The Bertz CT molecular complexity index is 785. The molecule has 5 nitrogen and oxygen atoms in total. The molecule has 1 aliphatic heterocycles. The standard InChI is InChI=1S/C18H21F3N4O.ClH/c1-12-10-16(23-17(26)7-6-13-8-9-22-11-13)25(24-12)15-5-3-2-4-14(15)18(19,20)21;/h2-5,10,13,22H,6-9,11H2,1H3,(H,23,26);1H.